The van der Waals surface area contributed by atoms with Crippen molar-refractivity contribution in [3.05, 3.63) is 16.6 Å². The Hall–Kier alpha value is -1.15. The van der Waals surface area contributed by atoms with E-state index in [1.54, 1.807) is 5.38 Å². The molecule has 0 fully saturated rings. The summed E-state index contributed by atoms with van der Waals surface area (Å²) in [6.45, 7) is 0.573. The fourth-order valence-corrected chi connectivity index (χ4v) is 1.36. The second-order valence-electron chi connectivity index (χ2n) is 3.31. The van der Waals surface area contributed by atoms with E-state index in [1.807, 2.05) is 0 Å². The lowest BCUT2D eigenvalue weighted by atomic mass is 10.0. The Kier molecular flexibility index (Phi) is 3.54. The lowest BCUT2D eigenvalue weighted by molar-refractivity contribution is -0.187. The Balaban J connectivity index is 2.59. The maximum atomic E-state index is 12.4. The highest BCUT2D eigenvalue weighted by Crippen LogP contribution is 2.27. The molecule has 3 N–H and O–H groups in total. The second kappa shape index (κ2) is 4.38. The standard InChI is InChI=1S/C8H10F3N3OS/c1-7(12,8(9,10)11)6(15)14-4-5-13-2-3-16-5/h2-3H,4,12H2,1H3,(H,14,15). The van der Waals surface area contributed by atoms with Crippen LogP contribution in [0, 0.1) is 0 Å². The van der Waals surface area contributed by atoms with E-state index in [2.05, 4.69) is 10.3 Å². The van der Waals surface area contributed by atoms with Crippen LogP contribution in [-0.2, 0) is 11.3 Å². The summed E-state index contributed by atoms with van der Waals surface area (Å²) in [5, 5.41) is 4.28. The van der Waals surface area contributed by atoms with Gasteiger partial charge in [0.1, 0.15) is 5.01 Å². The number of halogens is 3. The summed E-state index contributed by atoms with van der Waals surface area (Å²) in [7, 11) is 0. The Bertz CT molecular complexity index is 361. The van der Waals surface area contributed by atoms with Gasteiger partial charge >= 0.3 is 6.18 Å². The van der Waals surface area contributed by atoms with Gasteiger partial charge in [-0.15, -0.1) is 11.3 Å². The zero-order chi connectivity index (χ0) is 12.4. The van der Waals surface area contributed by atoms with E-state index in [-0.39, 0.29) is 6.54 Å². The van der Waals surface area contributed by atoms with Crippen molar-refractivity contribution >= 4 is 17.2 Å². The van der Waals surface area contributed by atoms with Crippen LogP contribution in [0.25, 0.3) is 0 Å². The second-order valence-corrected chi connectivity index (χ2v) is 4.29. The topological polar surface area (TPSA) is 68.0 Å². The van der Waals surface area contributed by atoms with E-state index < -0.39 is 17.6 Å². The van der Waals surface area contributed by atoms with Gasteiger partial charge in [0.05, 0.1) is 6.54 Å². The highest BCUT2D eigenvalue weighted by Gasteiger charge is 2.53. The van der Waals surface area contributed by atoms with E-state index >= 15 is 0 Å². The molecule has 8 heteroatoms. The smallest absolute Gasteiger partial charge is 0.348 e. The van der Waals surface area contributed by atoms with E-state index in [0.717, 1.165) is 0 Å². The van der Waals surface area contributed by atoms with Gasteiger partial charge in [0.15, 0.2) is 5.54 Å². The molecule has 0 bridgehead atoms. The van der Waals surface area contributed by atoms with Crippen molar-refractivity contribution in [1.82, 2.24) is 10.3 Å². The number of carbonyl (C=O) groups excluding carboxylic acids is 1. The van der Waals surface area contributed by atoms with Crippen LogP contribution >= 0.6 is 11.3 Å². The summed E-state index contributed by atoms with van der Waals surface area (Å²) >= 11 is 1.24. The summed E-state index contributed by atoms with van der Waals surface area (Å²) in [5.74, 6) is -1.27. The molecule has 0 spiro atoms. The van der Waals surface area contributed by atoms with Gasteiger partial charge in [0.2, 0.25) is 5.91 Å². The third-order valence-corrected chi connectivity index (χ3v) is 2.72. The Morgan fingerprint density at radius 2 is 2.25 bits per heavy atom. The molecular formula is C8H10F3N3OS. The van der Waals surface area contributed by atoms with Crippen LogP contribution in [0.15, 0.2) is 11.6 Å². The van der Waals surface area contributed by atoms with Crippen molar-refractivity contribution < 1.29 is 18.0 Å². The first-order valence-electron chi connectivity index (χ1n) is 4.27. The SMILES string of the molecule is CC(N)(C(=O)NCc1nccs1)C(F)(F)F. The largest absolute Gasteiger partial charge is 0.415 e. The minimum atomic E-state index is -4.78. The number of aromatic nitrogens is 1. The molecule has 1 unspecified atom stereocenters. The number of rotatable bonds is 3. The van der Waals surface area contributed by atoms with Crippen molar-refractivity contribution in [2.45, 2.75) is 25.2 Å². The number of thiazole rings is 1. The molecule has 0 aliphatic heterocycles. The number of nitrogens with two attached hydrogens (primary N) is 1. The number of amides is 1. The molecule has 0 saturated carbocycles. The van der Waals surface area contributed by atoms with Gasteiger partial charge in [-0.3, -0.25) is 4.79 Å². The summed E-state index contributed by atoms with van der Waals surface area (Å²) in [6.07, 6.45) is -3.28. The normalized spacial score (nSPS) is 15.6. The van der Waals surface area contributed by atoms with Crippen molar-refractivity contribution in [2.24, 2.45) is 5.73 Å². The Morgan fingerprint density at radius 1 is 1.62 bits per heavy atom. The lowest BCUT2D eigenvalue weighted by Crippen LogP contribution is -2.61. The molecule has 16 heavy (non-hydrogen) atoms. The summed E-state index contributed by atoms with van der Waals surface area (Å²) in [6, 6.07) is 0. The fourth-order valence-electron chi connectivity index (χ4n) is 0.809. The quantitative estimate of drug-likeness (QED) is 0.845. The third-order valence-electron chi connectivity index (χ3n) is 1.94. The molecule has 0 saturated heterocycles. The van der Waals surface area contributed by atoms with Gasteiger partial charge < -0.3 is 11.1 Å². The van der Waals surface area contributed by atoms with Gasteiger partial charge in [-0.25, -0.2) is 4.98 Å². The van der Waals surface area contributed by atoms with Crippen LogP contribution in [-0.4, -0.2) is 22.6 Å². The van der Waals surface area contributed by atoms with Gasteiger partial charge in [-0.2, -0.15) is 13.2 Å². The van der Waals surface area contributed by atoms with Crippen LogP contribution in [0.3, 0.4) is 0 Å². The summed E-state index contributed by atoms with van der Waals surface area (Å²) in [4.78, 5) is 15.0. The monoisotopic (exact) mass is 253 g/mol. The van der Waals surface area contributed by atoms with Gasteiger partial charge in [0, 0.05) is 11.6 Å². The number of nitrogens with one attached hydrogen (secondary N) is 1. The molecule has 90 valence electrons. The van der Waals surface area contributed by atoms with E-state index in [1.165, 1.54) is 17.5 Å². The molecule has 1 heterocycles. The number of hydrogen-bond acceptors (Lipinski definition) is 4. The number of nitrogens with zero attached hydrogens (tertiary/aromatic N) is 1. The molecule has 0 aliphatic rings. The zero-order valence-electron chi connectivity index (χ0n) is 8.34. The molecule has 4 nitrogen and oxygen atoms in total. The van der Waals surface area contributed by atoms with Gasteiger partial charge in [-0.05, 0) is 6.92 Å². The number of alkyl halides is 3. The maximum absolute atomic E-state index is 12.4. The van der Waals surface area contributed by atoms with Crippen molar-refractivity contribution in [2.75, 3.05) is 0 Å². The molecule has 0 aromatic carbocycles. The maximum Gasteiger partial charge on any atom is 0.415 e. The summed E-state index contributed by atoms with van der Waals surface area (Å²) in [5.41, 5.74) is 2.04. The predicted octanol–water partition coefficient (Wildman–Crippen LogP) is 1.04. The van der Waals surface area contributed by atoms with Gasteiger partial charge in [-0.1, -0.05) is 0 Å². The van der Waals surface area contributed by atoms with Crippen molar-refractivity contribution in [3.8, 4) is 0 Å². The number of hydrogen-bond donors (Lipinski definition) is 2. The molecule has 0 aliphatic carbocycles. The van der Waals surface area contributed by atoms with Crippen molar-refractivity contribution in [1.29, 1.82) is 0 Å². The molecule has 1 rings (SSSR count). The van der Waals surface area contributed by atoms with Crippen LogP contribution in [0.5, 0.6) is 0 Å². The summed E-state index contributed by atoms with van der Waals surface area (Å²) < 4.78 is 37.1. The molecule has 1 aromatic heterocycles. The van der Waals surface area contributed by atoms with E-state index in [0.29, 0.717) is 11.9 Å². The Labute approximate surface area is 93.7 Å². The minimum Gasteiger partial charge on any atom is -0.348 e. The molecule has 1 amide bonds. The van der Waals surface area contributed by atoms with Crippen LogP contribution in [0.2, 0.25) is 0 Å². The van der Waals surface area contributed by atoms with Crippen LogP contribution < -0.4 is 11.1 Å². The average molecular weight is 253 g/mol. The third kappa shape index (κ3) is 2.70. The molecule has 1 atom stereocenters. The first kappa shape index (κ1) is 12.9. The highest BCUT2D eigenvalue weighted by molar-refractivity contribution is 7.09. The number of carbonyl (C=O) groups is 1. The molecular weight excluding hydrogens is 243 g/mol. The first-order valence-corrected chi connectivity index (χ1v) is 5.15. The Morgan fingerprint density at radius 3 is 2.69 bits per heavy atom. The molecule has 1 aromatic rings. The predicted molar refractivity (Wildman–Crippen MR) is 52.6 cm³/mol. The lowest BCUT2D eigenvalue weighted by Gasteiger charge is -2.25. The highest BCUT2D eigenvalue weighted by atomic mass is 32.1. The fraction of sp³-hybridized carbons (Fsp3) is 0.500. The van der Waals surface area contributed by atoms with Gasteiger partial charge in [0.25, 0.3) is 0 Å². The van der Waals surface area contributed by atoms with E-state index in [4.69, 9.17) is 5.73 Å². The average Bonchev–Trinajstić information content (AvgIpc) is 2.64. The van der Waals surface area contributed by atoms with E-state index in [9.17, 15) is 18.0 Å². The first-order chi connectivity index (χ1) is 7.25. The van der Waals surface area contributed by atoms with Crippen LogP contribution in [0.1, 0.15) is 11.9 Å². The van der Waals surface area contributed by atoms with Crippen molar-refractivity contribution in [3.63, 3.8) is 0 Å². The zero-order valence-corrected chi connectivity index (χ0v) is 9.15. The minimum absolute atomic E-state index is 0.0562. The molecule has 0 radical (unpaired) electrons. The van der Waals surface area contributed by atoms with Crippen LogP contribution in [0.4, 0.5) is 13.2 Å².